The van der Waals surface area contributed by atoms with E-state index in [9.17, 15) is 8.78 Å². The third kappa shape index (κ3) is 4.65. The van der Waals surface area contributed by atoms with Crippen LogP contribution in [-0.2, 0) is 0 Å². The summed E-state index contributed by atoms with van der Waals surface area (Å²) < 4.78 is 28.5. The number of anilines is 1. The monoisotopic (exact) mass is 331 g/mol. The van der Waals surface area contributed by atoms with Gasteiger partial charge < -0.3 is 10.4 Å². The number of halogens is 2. The molecule has 0 aromatic heterocycles. The predicted octanol–water partition coefficient (Wildman–Crippen LogP) is 5.31. The Bertz CT molecular complexity index is 671. The smallest absolute Gasteiger partial charge is 0.156 e. The van der Waals surface area contributed by atoms with Gasteiger partial charge in [-0.1, -0.05) is 49.4 Å². The molecule has 2 rings (SSSR count). The van der Waals surface area contributed by atoms with Gasteiger partial charge >= 0.3 is 0 Å². The number of hydrogen-bond donors (Lipinski definition) is 2. The molecule has 1 unspecified atom stereocenters. The minimum atomic E-state index is -0.593. The molecular formula is C20H23F2NO. The van der Waals surface area contributed by atoms with E-state index in [1.807, 2.05) is 37.3 Å². The van der Waals surface area contributed by atoms with Crippen molar-refractivity contribution < 1.29 is 13.9 Å². The summed E-state index contributed by atoms with van der Waals surface area (Å²) in [6.07, 6.45) is 5.15. The van der Waals surface area contributed by atoms with Crippen molar-refractivity contribution in [3.8, 4) is 0 Å². The third-order valence-electron chi connectivity index (χ3n) is 3.83. The average Bonchev–Trinajstić information content (AvgIpc) is 2.61. The van der Waals surface area contributed by atoms with Crippen molar-refractivity contribution in [3.05, 3.63) is 71.3 Å². The molecule has 0 heterocycles. The van der Waals surface area contributed by atoms with Crippen molar-refractivity contribution in [2.45, 2.75) is 32.2 Å². The molecule has 2 nitrogen and oxygen atoms in total. The molecule has 2 aromatic rings. The fourth-order valence-electron chi connectivity index (χ4n) is 2.56. The largest absolute Gasteiger partial charge is 0.396 e. The number of nitrogens with one attached hydrogen (secondary N) is 1. The van der Waals surface area contributed by atoms with Crippen LogP contribution in [0.3, 0.4) is 0 Å². The zero-order chi connectivity index (χ0) is 17.4. The maximum atomic E-state index is 14.7. The zero-order valence-corrected chi connectivity index (χ0v) is 13.8. The van der Waals surface area contributed by atoms with E-state index in [2.05, 4.69) is 5.32 Å². The number of aliphatic hydroxyl groups excluding tert-OH is 1. The Hall–Kier alpha value is -2.20. The minimum Gasteiger partial charge on any atom is -0.396 e. The molecule has 0 spiro atoms. The SMILES string of the molecule is CC/C=C/c1c(F)ccc(NC(CCCO)c2ccccc2)c1F. The van der Waals surface area contributed by atoms with Crippen LogP contribution in [0.4, 0.5) is 14.5 Å². The lowest BCUT2D eigenvalue weighted by Crippen LogP contribution is -2.13. The molecule has 0 aliphatic carbocycles. The van der Waals surface area contributed by atoms with E-state index in [0.29, 0.717) is 19.3 Å². The van der Waals surface area contributed by atoms with E-state index in [1.54, 1.807) is 6.08 Å². The summed E-state index contributed by atoms with van der Waals surface area (Å²) in [5.41, 5.74) is 1.23. The summed E-state index contributed by atoms with van der Waals surface area (Å²) in [6, 6.07) is 12.2. The van der Waals surface area contributed by atoms with Crippen molar-refractivity contribution in [1.29, 1.82) is 0 Å². The van der Waals surface area contributed by atoms with Gasteiger partial charge in [0.1, 0.15) is 5.82 Å². The molecular weight excluding hydrogens is 308 g/mol. The quantitative estimate of drug-likeness (QED) is 0.687. The Morgan fingerprint density at radius 3 is 2.54 bits per heavy atom. The van der Waals surface area contributed by atoms with Gasteiger partial charge in [0.25, 0.3) is 0 Å². The number of benzene rings is 2. The zero-order valence-electron chi connectivity index (χ0n) is 13.8. The first kappa shape index (κ1) is 18.1. The van der Waals surface area contributed by atoms with E-state index < -0.39 is 11.6 Å². The summed E-state index contributed by atoms with van der Waals surface area (Å²) in [5.74, 6) is -1.17. The molecule has 128 valence electrons. The van der Waals surface area contributed by atoms with Crippen molar-refractivity contribution in [3.63, 3.8) is 0 Å². The molecule has 0 saturated carbocycles. The second kappa shape index (κ2) is 9.18. The van der Waals surface area contributed by atoms with E-state index >= 15 is 0 Å². The van der Waals surface area contributed by atoms with Crippen LogP contribution < -0.4 is 5.32 Å². The van der Waals surface area contributed by atoms with Crippen molar-refractivity contribution in [2.24, 2.45) is 0 Å². The lowest BCUT2D eigenvalue weighted by molar-refractivity contribution is 0.281. The maximum Gasteiger partial charge on any atom is 0.156 e. The van der Waals surface area contributed by atoms with Crippen LogP contribution in [0.2, 0.25) is 0 Å². The minimum absolute atomic E-state index is 0.0316. The summed E-state index contributed by atoms with van der Waals surface area (Å²) in [6.45, 7) is 1.98. The first-order valence-electron chi connectivity index (χ1n) is 8.24. The van der Waals surface area contributed by atoms with E-state index in [4.69, 9.17) is 5.11 Å². The van der Waals surface area contributed by atoms with Gasteiger partial charge in [-0.2, -0.15) is 0 Å². The van der Waals surface area contributed by atoms with E-state index in [1.165, 1.54) is 18.2 Å². The molecule has 0 amide bonds. The van der Waals surface area contributed by atoms with Crippen molar-refractivity contribution in [2.75, 3.05) is 11.9 Å². The normalized spacial score (nSPS) is 12.5. The fraction of sp³-hybridized carbons (Fsp3) is 0.300. The van der Waals surface area contributed by atoms with Crippen LogP contribution in [0, 0.1) is 11.6 Å². The second-order valence-electron chi connectivity index (χ2n) is 5.61. The van der Waals surface area contributed by atoms with Gasteiger partial charge in [-0.25, -0.2) is 8.78 Å². The van der Waals surface area contributed by atoms with Gasteiger partial charge in [0.05, 0.1) is 11.7 Å². The molecule has 0 fully saturated rings. The van der Waals surface area contributed by atoms with Gasteiger partial charge in [0.2, 0.25) is 0 Å². The number of allylic oxidation sites excluding steroid dienone is 1. The molecule has 1 atom stereocenters. The molecule has 2 N–H and O–H groups in total. The van der Waals surface area contributed by atoms with Crippen molar-refractivity contribution >= 4 is 11.8 Å². The highest BCUT2D eigenvalue weighted by molar-refractivity contribution is 5.60. The Balaban J connectivity index is 2.30. The molecule has 0 saturated heterocycles. The Morgan fingerprint density at radius 1 is 1.12 bits per heavy atom. The Morgan fingerprint density at radius 2 is 1.88 bits per heavy atom. The van der Waals surface area contributed by atoms with Gasteiger partial charge in [-0.15, -0.1) is 0 Å². The Labute approximate surface area is 141 Å². The summed E-state index contributed by atoms with van der Waals surface area (Å²) in [5, 5.41) is 12.3. The number of aliphatic hydroxyl groups is 1. The average molecular weight is 331 g/mol. The maximum absolute atomic E-state index is 14.7. The van der Waals surface area contributed by atoms with Crippen molar-refractivity contribution in [1.82, 2.24) is 0 Å². The Kier molecular flexibility index (Phi) is 6.94. The number of rotatable bonds is 8. The first-order valence-corrected chi connectivity index (χ1v) is 8.24. The standard InChI is InChI=1S/C20H23F2NO/c1-2-3-10-16-17(21)12-13-19(20(16)22)23-18(11-7-14-24)15-8-5-4-6-9-15/h3-6,8-10,12-13,18,23-24H,2,7,11,14H2,1H3/b10-3+. The highest BCUT2D eigenvalue weighted by Crippen LogP contribution is 2.28. The van der Waals surface area contributed by atoms with Gasteiger partial charge in [0, 0.05) is 12.2 Å². The van der Waals surface area contributed by atoms with E-state index in [0.717, 1.165) is 5.56 Å². The van der Waals surface area contributed by atoms with Crippen LogP contribution in [0.5, 0.6) is 0 Å². The summed E-state index contributed by atoms with van der Waals surface area (Å²) >= 11 is 0. The van der Waals surface area contributed by atoms with Crippen LogP contribution in [0.1, 0.15) is 43.4 Å². The van der Waals surface area contributed by atoms with Gasteiger partial charge in [-0.05, 0) is 37.0 Å². The molecule has 24 heavy (non-hydrogen) atoms. The second-order valence-corrected chi connectivity index (χ2v) is 5.61. The molecule has 0 aliphatic rings. The number of hydrogen-bond acceptors (Lipinski definition) is 2. The van der Waals surface area contributed by atoms with Crippen LogP contribution >= 0.6 is 0 Å². The van der Waals surface area contributed by atoms with Crippen LogP contribution in [0.25, 0.3) is 6.08 Å². The molecule has 2 aromatic carbocycles. The lowest BCUT2D eigenvalue weighted by atomic mass is 10.0. The van der Waals surface area contributed by atoms with Gasteiger partial charge in [-0.3, -0.25) is 0 Å². The van der Waals surface area contributed by atoms with Crippen LogP contribution in [-0.4, -0.2) is 11.7 Å². The lowest BCUT2D eigenvalue weighted by Gasteiger charge is -2.21. The summed E-state index contributed by atoms with van der Waals surface area (Å²) in [7, 11) is 0. The third-order valence-corrected chi connectivity index (χ3v) is 3.83. The fourth-order valence-corrected chi connectivity index (χ4v) is 2.56. The first-order chi connectivity index (χ1) is 11.7. The topological polar surface area (TPSA) is 32.3 Å². The van der Waals surface area contributed by atoms with E-state index in [-0.39, 0.29) is 23.9 Å². The summed E-state index contributed by atoms with van der Waals surface area (Å²) in [4.78, 5) is 0. The molecule has 0 aliphatic heterocycles. The molecule has 4 heteroatoms. The predicted molar refractivity (Wildman–Crippen MR) is 94.8 cm³/mol. The highest BCUT2D eigenvalue weighted by Gasteiger charge is 2.16. The van der Waals surface area contributed by atoms with Crippen LogP contribution in [0.15, 0.2) is 48.5 Å². The molecule has 0 radical (unpaired) electrons. The molecule has 0 bridgehead atoms. The highest BCUT2D eigenvalue weighted by atomic mass is 19.1. The van der Waals surface area contributed by atoms with Gasteiger partial charge in [0.15, 0.2) is 5.82 Å².